The second-order valence-electron chi connectivity index (χ2n) is 6.37. The highest BCUT2D eigenvalue weighted by Crippen LogP contribution is 2.12. The minimum absolute atomic E-state index is 0.474. The topological polar surface area (TPSA) is 67.3 Å². The van der Waals surface area contributed by atoms with Crippen LogP contribution in [0.3, 0.4) is 0 Å². The highest BCUT2D eigenvalue weighted by atomic mass is 16.3. The predicted octanol–water partition coefficient (Wildman–Crippen LogP) is 2.55. The Hall–Kier alpha value is -2.44. The lowest BCUT2D eigenvalue weighted by Crippen LogP contribution is -2.34. The molecule has 0 aliphatic heterocycles. The van der Waals surface area contributed by atoms with Gasteiger partial charge in [0.05, 0.1) is 31.2 Å². The molecular weight excluding hydrogens is 316 g/mol. The number of aliphatic hydroxyl groups excluding tert-OH is 1. The average Bonchev–Trinajstić information content (AvgIpc) is 3.18. The van der Waals surface area contributed by atoms with Crippen LogP contribution in [-0.4, -0.2) is 37.4 Å². The average molecular weight is 340 g/mol. The van der Waals surface area contributed by atoms with Gasteiger partial charge in [0.25, 0.3) is 0 Å². The van der Waals surface area contributed by atoms with E-state index in [-0.39, 0.29) is 0 Å². The molecule has 0 saturated heterocycles. The molecule has 3 aromatic rings. The molecule has 3 rings (SSSR count). The highest BCUT2D eigenvalue weighted by Gasteiger charge is 2.16. The van der Waals surface area contributed by atoms with Crippen molar-refractivity contribution in [2.24, 2.45) is 0 Å². The lowest BCUT2D eigenvalue weighted by Gasteiger charge is -2.24. The highest BCUT2D eigenvalue weighted by molar-refractivity contribution is 5.09. The van der Waals surface area contributed by atoms with Crippen LogP contribution in [0, 0.1) is 13.8 Å². The molecular formula is C19H24N4O2. The first-order valence-electron chi connectivity index (χ1n) is 8.43. The van der Waals surface area contributed by atoms with Gasteiger partial charge in [0.1, 0.15) is 5.76 Å². The summed E-state index contributed by atoms with van der Waals surface area (Å²) in [4.78, 5) is 6.33. The maximum atomic E-state index is 10.6. The largest absolute Gasteiger partial charge is 0.468 e. The van der Waals surface area contributed by atoms with Crippen molar-refractivity contribution in [3.05, 3.63) is 71.7 Å². The SMILES string of the molecule is Cc1cc(C)n(C[C@@H](O)CN(Cc2cccnc2)Cc2ccco2)n1. The Morgan fingerprint density at radius 2 is 2.12 bits per heavy atom. The monoisotopic (exact) mass is 340 g/mol. The molecule has 132 valence electrons. The number of aromatic nitrogens is 3. The Balaban J connectivity index is 1.66. The summed E-state index contributed by atoms with van der Waals surface area (Å²) < 4.78 is 7.32. The Kier molecular flexibility index (Phi) is 5.63. The zero-order chi connectivity index (χ0) is 17.6. The van der Waals surface area contributed by atoms with Gasteiger partial charge in [-0.15, -0.1) is 0 Å². The summed E-state index contributed by atoms with van der Waals surface area (Å²) >= 11 is 0. The molecule has 0 bridgehead atoms. The van der Waals surface area contributed by atoms with Gasteiger partial charge in [-0.1, -0.05) is 6.07 Å². The molecule has 6 heteroatoms. The van der Waals surface area contributed by atoms with E-state index >= 15 is 0 Å². The summed E-state index contributed by atoms with van der Waals surface area (Å²) in [5.74, 6) is 0.877. The van der Waals surface area contributed by atoms with Crippen LogP contribution in [0.2, 0.25) is 0 Å². The molecule has 3 heterocycles. The summed E-state index contributed by atoms with van der Waals surface area (Å²) in [6.07, 6.45) is 4.76. The molecule has 1 atom stereocenters. The van der Waals surface area contributed by atoms with E-state index in [0.29, 0.717) is 26.2 Å². The number of hydrogen-bond acceptors (Lipinski definition) is 5. The van der Waals surface area contributed by atoms with Crippen molar-refractivity contribution in [1.29, 1.82) is 0 Å². The molecule has 3 aromatic heterocycles. The van der Waals surface area contributed by atoms with E-state index in [1.165, 1.54) is 0 Å². The standard InChI is InChI=1S/C19H24N4O2/c1-15-9-16(2)23(21-15)13-18(24)12-22(14-19-6-4-8-25-19)11-17-5-3-7-20-10-17/h3-10,18,24H,11-14H2,1-2H3/t18-/m0/s1. The van der Waals surface area contributed by atoms with Crippen LogP contribution in [0.4, 0.5) is 0 Å². The molecule has 0 aromatic carbocycles. The van der Waals surface area contributed by atoms with Crippen molar-refractivity contribution in [2.75, 3.05) is 6.54 Å². The van der Waals surface area contributed by atoms with Crippen LogP contribution >= 0.6 is 0 Å². The maximum Gasteiger partial charge on any atom is 0.117 e. The minimum atomic E-state index is -0.523. The third kappa shape index (κ3) is 5.01. The summed E-state index contributed by atoms with van der Waals surface area (Å²) in [5.41, 5.74) is 3.13. The summed E-state index contributed by atoms with van der Waals surface area (Å²) in [5, 5.41) is 15.0. The fraction of sp³-hybridized carbons (Fsp3) is 0.368. The van der Waals surface area contributed by atoms with E-state index in [9.17, 15) is 5.11 Å². The molecule has 0 aliphatic carbocycles. The first-order valence-corrected chi connectivity index (χ1v) is 8.43. The van der Waals surface area contributed by atoms with Gasteiger partial charge in [-0.3, -0.25) is 14.6 Å². The van der Waals surface area contributed by atoms with Gasteiger partial charge in [-0.25, -0.2) is 0 Å². The maximum absolute atomic E-state index is 10.6. The number of furan rings is 1. The smallest absolute Gasteiger partial charge is 0.117 e. The molecule has 6 nitrogen and oxygen atoms in total. The van der Waals surface area contributed by atoms with Gasteiger partial charge >= 0.3 is 0 Å². The van der Waals surface area contributed by atoms with Gasteiger partial charge in [-0.2, -0.15) is 5.10 Å². The minimum Gasteiger partial charge on any atom is -0.468 e. The molecule has 25 heavy (non-hydrogen) atoms. The van der Waals surface area contributed by atoms with Crippen molar-refractivity contribution in [2.45, 2.75) is 39.6 Å². The second-order valence-corrected chi connectivity index (χ2v) is 6.37. The van der Waals surface area contributed by atoms with E-state index in [4.69, 9.17) is 4.42 Å². The van der Waals surface area contributed by atoms with Gasteiger partial charge < -0.3 is 9.52 Å². The van der Waals surface area contributed by atoms with Crippen molar-refractivity contribution in [1.82, 2.24) is 19.7 Å². The van der Waals surface area contributed by atoms with E-state index < -0.39 is 6.10 Å². The van der Waals surface area contributed by atoms with Crippen LogP contribution in [0.25, 0.3) is 0 Å². The second kappa shape index (κ2) is 8.09. The first-order chi connectivity index (χ1) is 12.1. The van der Waals surface area contributed by atoms with E-state index in [0.717, 1.165) is 22.7 Å². The van der Waals surface area contributed by atoms with Crippen molar-refractivity contribution < 1.29 is 9.52 Å². The molecule has 0 amide bonds. The van der Waals surface area contributed by atoms with Gasteiger partial charge in [0, 0.05) is 31.2 Å². The zero-order valence-corrected chi connectivity index (χ0v) is 14.7. The van der Waals surface area contributed by atoms with Crippen LogP contribution in [0.1, 0.15) is 22.7 Å². The summed E-state index contributed by atoms with van der Waals surface area (Å²) in [6.45, 7) is 6.29. The lowest BCUT2D eigenvalue weighted by atomic mass is 10.2. The quantitative estimate of drug-likeness (QED) is 0.682. The fourth-order valence-corrected chi connectivity index (χ4v) is 2.97. The number of rotatable bonds is 8. The van der Waals surface area contributed by atoms with Crippen molar-refractivity contribution >= 4 is 0 Å². The van der Waals surface area contributed by atoms with E-state index in [2.05, 4.69) is 15.0 Å². The third-order valence-electron chi connectivity index (χ3n) is 4.04. The van der Waals surface area contributed by atoms with Crippen molar-refractivity contribution in [3.63, 3.8) is 0 Å². The number of aryl methyl sites for hydroxylation is 2. The normalized spacial score (nSPS) is 12.6. The Morgan fingerprint density at radius 3 is 2.76 bits per heavy atom. The zero-order valence-electron chi connectivity index (χ0n) is 14.7. The molecule has 1 N–H and O–H groups in total. The fourth-order valence-electron chi connectivity index (χ4n) is 2.97. The number of pyridine rings is 1. The van der Waals surface area contributed by atoms with E-state index in [1.54, 1.807) is 12.5 Å². The molecule has 0 saturated carbocycles. The predicted molar refractivity (Wildman–Crippen MR) is 94.8 cm³/mol. The number of nitrogens with zero attached hydrogens (tertiary/aromatic N) is 4. The first kappa shape index (κ1) is 17.4. The molecule has 0 spiro atoms. The number of aliphatic hydroxyl groups is 1. The molecule has 0 unspecified atom stereocenters. The Labute approximate surface area is 147 Å². The van der Waals surface area contributed by atoms with Crippen LogP contribution in [0.5, 0.6) is 0 Å². The van der Waals surface area contributed by atoms with Gasteiger partial charge in [-0.05, 0) is 43.7 Å². The lowest BCUT2D eigenvalue weighted by molar-refractivity contribution is 0.0838. The number of hydrogen-bond donors (Lipinski definition) is 1. The molecule has 0 fully saturated rings. The summed E-state index contributed by atoms with van der Waals surface area (Å²) in [7, 11) is 0. The summed E-state index contributed by atoms with van der Waals surface area (Å²) in [6, 6.07) is 9.80. The van der Waals surface area contributed by atoms with Gasteiger partial charge in [0.2, 0.25) is 0 Å². The third-order valence-corrected chi connectivity index (χ3v) is 4.04. The Morgan fingerprint density at radius 1 is 1.24 bits per heavy atom. The van der Waals surface area contributed by atoms with Crippen LogP contribution in [-0.2, 0) is 19.6 Å². The Bertz CT molecular complexity index is 768. The molecule has 0 aliphatic rings. The van der Waals surface area contributed by atoms with Crippen LogP contribution in [0.15, 0.2) is 53.4 Å². The van der Waals surface area contributed by atoms with Gasteiger partial charge in [0.15, 0.2) is 0 Å². The van der Waals surface area contributed by atoms with Crippen molar-refractivity contribution in [3.8, 4) is 0 Å². The van der Waals surface area contributed by atoms with E-state index in [1.807, 2.05) is 55.1 Å². The van der Waals surface area contributed by atoms with Crippen LogP contribution < -0.4 is 0 Å². The molecule has 0 radical (unpaired) electrons.